The molecule has 0 aromatic heterocycles. The van der Waals surface area contributed by atoms with Gasteiger partial charge in [-0.05, 0) is 35.2 Å². The molecule has 0 spiro atoms. The summed E-state index contributed by atoms with van der Waals surface area (Å²) in [4.78, 5) is 11.1. The number of hydrogen-bond donors (Lipinski definition) is 0. The third-order valence-corrected chi connectivity index (χ3v) is 8.10. The van der Waals surface area contributed by atoms with E-state index in [1.54, 1.807) is 0 Å². The summed E-state index contributed by atoms with van der Waals surface area (Å²) in [6.45, 7) is 8.34. The van der Waals surface area contributed by atoms with Crippen molar-refractivity contribution in [1.82, 2.24) is 0 Å². The van der Waals surface area contributed by atoms with Crippen LogP contribution in [0.4, 0.5) is 0 Å². The standard InChI is InChI=1S/C11H21IO2Si/c1-5-15(6-2,7-3)14-11(4,10-13)8-9-12/h8-10H,5-7H2,1-4H3/b9-8+/t11-/m1/s1. The van der Waals surface area contributed by atoms with Crippen molar-refractivity contribution in [3.8, 4) is 0 Å². The molecule has 0 amide bonds. The molecule has 0 aliphatic carbocycles. The van der Waals surface area contributed by atoms with E-state index in [4.69, 9.17) is 4.43 Å². The Hall–Kier alpha value is 0.317. The van der Waals surface area contributed by atoms with Crippen LogP contribution in [-0.4, -0.2) is 20.2 Å². The van der Waals surface area contributed by atoms with E-state index in [-0.39, 0.29) is 0 Å². The normalized spacial score (nSPS) is 16.6. The lowest BCUT2D eigenvalue weighted by Gasteiger charge is -2.35. The number of carbonyl (C=O) groups is 1. The summed E-state index contributed by atoms with van der Waals surface area (Å²) in [7, 11) is -1.70. The smallest absolute Gasteiger partial charge is 0.193 e. The highest BCUT2D eigenvalue weighted by molar-refractivity contribution is 14.1. The third kappa shape index (κ3) is 4.36. The Labute approximate surface area is 108 Å². The molecule has 0 saturated heterocycles. The second kappa shape index (κ2) is 6.80. The predicted octanol–water partition coefficient (Wildman–Crippen LogP) is 3.91. The second-order valence-electron chi connectivity index (χ2n) is 3.94. The van der Waals surface area contributed by atoms with Crippen molar-refractivity contribution in [2.75, 3.05) is 0 Å². The highest BCUT2D eigenvalue weighted by atomic mass is 127. The van der Waals surface area contributed by atoms with E-state index in [1.165, 1.54) is 0 Å². The van der Waals surface area contributed by atoms with Crippen molar-refractivity contribution >= 4 is 37.2 Å². The van der Waals surface area contributed by atoms with Crippen LogP contribution in [0.2, 0.25) is 18.1 Å². The van der Waals surface area contributed by atoms with Crippen LogP contribution in [0.25, 0.3) is 0 Å². The molecular weight excluding hydrogens is 319 g/mol. The van der Waals surface area contributed by atoms with Gasteiger partial charge in [0.05, 0.1) is 0 Å². The lowest BCUT2D eigenvalue weighted by molar-refractivity contribution is -0.117. The minimum atomic E-state index is -1.70. The molecule has 0 N–H and O–H groups in total. The highest BCUT2D eigenvalue weighted by Crippen LogP contribution is 2.27. The van der Waals surface area contributed by atoms with Gasteiger partial charge in [-0.1, -0.05) is 43.4 Å². The van der Waals surface area contributed by atoms with Gasteiger partial charge in [0.25, 0.3) is 0 Å². The van der Waals surface area contributed by atoms with Gasteiger partial charge in [-0.3, -0.25) is 4.79 Å². The molecule has 4 heteroatoms. The van der Waals surface area contributed by atoms with E-state index in [0.717, 1.165) is 24.4 Å². The number of rotatable bonds is 7. The Balaban J connectivity index is 4.84. The van der Waals surface area contributed by atoms with Crippen molar-refractivity contribution in [3.63, 3.8) is 0 Å². The molecule has 1 atom stereocenters. The van der Waals surface area contributed by atoms with Crippen LogP contribution in [0.5, 0.6) is 0 Å². The zero-order valence-corrected chi connectivity index (χ0v) is 13.2. The molecule has 0 aromatic carbocycles. The summed E-state index contributed by atoms with van der Waals surface area (Å²) in [5.74, 6) is 0. The number of aldehydes is 1. The Morgan fingerprint density at radius 1 is 1.27 bits per heavy atom. The Morgan fingerprint density at radius 2 is 1.73 bits per heavy atom. The molecule has 0 bridgehead atoms. The van der Waals surface area contributed by atoms with Crippen molar-refractivity contribution in [2.45, 2.75) is 51.4 Å². The summed E-state index contributed by atoms with van der Waals surface area (Å²) in [6.07, 6.45) is 2.74. The van der Waals surface area contributed by atoms with Gasteiger partial charge in [0.2, 0.25) is 0 Å². The minimum Gasteiger partial charge on any atom is -0.402 e. The van der Waals surface area contributed by atoms with Crippen molar-refractivity contribution < 1.29 is 9.22 Å². The summed E-state index contributed by atoms with van der Waals surface area (Å²) in [5, 5.41) is 0. The van der Waals surface area contributed by atoms with Gasteiger partial charge in [0.1, 0.15) is 5.60 Å². The Kier molecular flexibility index (Phi) is 6.95. The third-order valence-electron chi connectivity index (χ3n) is 3.00. The van der Waals surface area contributed by atoms with Gasteiger partial charge in [-0.2, -0.15) is 0 Å². The molecule has 0 aromatic rings. The molecule has 0 aliphatic heterocycles. The van der Waals surface area contributed by atoms with Crippen LogP contribution < -0.4 is 0 Å². The first-order chi connectivity index (χ1) is 7.01. The molecule has 2 nitrogen and oxygen atoms in total. The maximum atomic E-state index is 11.1. The second-order valence-corrected chi connectivity index (χ2v) is 9.35. The zero-order valence-electron chi connectivity index (χ0n) is 10.0. The molecule has 0 fully saturated rings. The first-order valence-electron chi connectivity index (χ1n) is 5.45. The van der Waals surface area contributed by atoms with Crippen molar-refractivity contribution in [1.29, 1.82) is 0 Å². The fourth-order valence-corrected chi connectivity index (χ4v) is 5.35. The SMILES string of the molecule is CC[Si](CC)(CC)O[C@@](C)(C=O)/C=C/I. The maximum Gasteiger partial charge on any atom is 0.193 e. The monoisotopic (exact) mass is 340 g/mol. The summed E-state index contributed by atoms with van der Waals surface area (Å²) in [5.41, 5.74) is -0.727. The highest BCUT2D eigenvalue weighted by Gasteiger charge is 2.36. The summed E-state index contributed by atoms with van der Waals surface area (Å²) >= 11 is 2.12. The van der Waals surface area contributed by atoms with Gasteiger partial charge in [0, 0.05) is 0 Å². The first kappa shape index (κ1) is 15.3. The molecule has 0 heterocycles. The molecule has 0 aliphatic rings. The summed E-state index contributed by atoms with van der Waals surface area (Å²) < 4.78 is 8.00. The molecule has 88 valence electrons. The van der Waals surface area contributed by atoms with Crippen LogP contribution in [-0.2, 0) is 9.22 Å². The Morgan fingerprint density at radius 3 is 2.00 bits per heavy atom. The van der Waals surface area contributed by atoms with Gasteiger partial charge in [-0.15, -0.1) is 0 Å². The zero-order chi connectivity index (χ0) is 11.9. The van der Waals surface area contributed by atoms with E-state index in [9.17, 15) is 4.79 Å². The molecular formula is C11H21IO2Si. The minimum absolute atomic E-state index is 0.727. The van der Waals surface area contributed by atoms with Crippen molar-refractivity contribution in [3.05, 3.63) is 10.2 Å². The fourth-order valence-electron chi connectivity index (χ4n) is 1.66. The average molecular weight is 340 g/mol. The summed E-state index contributed by atoms with van der Waals surface area (Å²) in [6, 6.07) is 3.20. The van der Waals surface area contributed by atoms with E-state index >= 15 is 0 Å². The number of hydrogen-bond acceptors (Lipinski definition) is 2. The average Bonchev–Trinajstić information content (AvgIpc) is 2.27. The largest absolute Gasteiger partial charge is 0.402 e. The number of halogens is 1. The van der Waals surface area contributed by atoms with E-state index in [0.29, 0.717) is 0 Å². The van der Waals surface area contributed by atoms with Crippen LogP contribution in [0.1, 0.15) is 27.7 Å². The molecule has 0 radical (unpaired) electrons. The predicted molar refractivity (Wildman–Crippen MR) is 75.9 cm³/mol. The molecule has 0 rings (SSSR count). The maximum absolute atomic E-state index is 11.1. The van der Waals surface area contributed by atoms with Gasteiger partial charge in [0.15, 0.2) is 14.6 Å². The van der Waals surface area contributed by atoms with E-state index < -0.39 is 13.9 Å². The van der Waals surface area contributed by atoms with Crippen molar-refractivity contribution in [2.24, 2.45) is 0 Å². The van der Waals surface area contributed by atoms with Crippen LogP contribution in [0.3, 0.4) is 0 Å². The van der Waals surface area contributed by atoms with Gasteiger partial charge in [-0.25, -0.2) is 0 Å². The van der Waals surface area contributed by atoms with Gasteiger partial charge >= 0.3 is 0 Å². The topological polar surface area (TPSA) is 26.3 Å². The van der Waals surface area contributed by atoms with Crippen LogP contribution in [0.15, 0.2) is 10.2 Å². The molecule has 0 unspecified atom stereocenters. The lowest BCUT2D eigenvalue weighted by atomic mass is 10.1. The van der Waals surface area contributed by atoms with Crippen LogP contribution >= 0.6 is 22.6 Å². The first-order valence-corrected chi connectivity index (χ1v) is 9.23. The number of carbonyl (C=O) groups excluding carboxylic acids is 1. The Bertz CT molecular complexity index is 218. The van der Waals surface area contributed by atoms with E-state index in [2.05, 4.69) is 43.4 Å². The molecule has 0 saturated carbocycles. The molecule has 15 heavy (non-hydrogen) atoms. The van der Waals surface area contributed by atoms with E-state index in [1.807, 2.05) is 17.1 Å². The quantitative estimate of drug-likeness (QED) is 0.399. The fraction of sp³-hybridized carbons (Fsp3) is 0.727. The van der Waals surface area contributed by atoms with Gasteiger partial charge < -0.3 is 4.43 Å². The lowest BCUT2D eigenvalue weighted by Crippen LogP contribution is -2.45. The van der Waals surface area contributed by atoms with Crippen LogP contribution in [0, 0.1) is 0 Å².